The topological polar surface area (TPSA) is 79.0 Å². The van der Waals surface area contributed by atoms with Crippen LogP contribution in [0.5, 0.6) is 0 Å². The van der Waals surface area contributed by atoms with Gasteiger partial charge in [0.05, 0.1) is 0 Å². The van der Waals surface area contributed by atoms with E-state index in [2.05, 4.69) is 20.1 Å². The molecule has 0 spiro atoms. The van der Waals surface area contributed by atoms with Crippen molar-refractivity contribution in [2.45, 2.75) is 0 Å². The first kappa shape index (κ1) is 6.63. The van der Waals surface area contributed by atoms with E-state index in [1.807, 2.05) is 0 Å². The molecular formula is C6H4N6. The van der Waals surface area contributed by atoms with Crippen LogP contribution in [0.25, 0.3) is 16.1 Å². The molecule has 0 N–H and O–H groups in total. The van der Waals surface area contributed by atoms with Crippen molar-refractivity contribution in [3.05, 3.63) is 35.0 Å². The predicted octanol–water partition coefficient (Wildman–Crippen LogP) is 1.67. The van der Waals surface area contributed by atoms with Crippen molar-refractivity contribution >= 4 is 11.5 Å². The maximum atomic E-state index is 8.14. The lowest BCUT2D eigenvalue weighted by atomic mass is 10.5. The molecule has 6 heteroatoms. The Morgan fingerprint density at radius 1 is 1.50 bits per heavy atom. The van der Waals surface area contributed by atoms with Crippen LogP contribution in [0.2, 0.25) is 0 Å². The van der Waals surface area contributed by atoms with E-state index in [1.165, 1.54) is 0 Å². The summed E-state index contributed by atoms with van der Waals surface area (Å²) in [5.41, 5.74) is 8.86. The second-order valence-electron chi connectivity index (χ2n) is 2.11. The highest BCUT2D eigenvalue weighted by molar-refractivity contribution is 5.40. The maximum absolute atomic E-state index is 8.14. The molecule has 0 fully saturated rings. The molecule has 0 bridgehead atoms. The van der Waals surface area contributed by atoms with E-state index < -0.39 is 0 Å². The number of nitrogens with zero attached hydrogens (tertiary/aromatic N) is 6. The second-order valence-corrected chi connectivity index (χ2v) is 2.11. The van der Waals surface area contributed by atoms with E-state index in [0.29, 0.717) is 5.82 Å². The zero-order valence-electron chi connectivity index (χ0n) is 5.99. The molecule has 0 unspecified atom stereocenters. The van der Waals surface area contributed by atoms with Crippen LogP contribution in [-0.2, 0) is 0 Å². The van der Waals surface area contributed by atoms with E-state index in [4.69, 9.17) is 5.53 Å². The van der Waals surface area contributed by atoms with Gasteiger partial charge in [0.1, 0.15) is 5.82 Å². The third kappa shape index (κ3) is 0.959. The van der Waals surface area contributed by atoms with Gasteiger partial charge in [-0.15, -0.1) is 0 Å². The lowest BCUT2D eigenvalue weighted by molar-refractivity contribution is 0.932. The van der Waals surface area contributed by atoms with Crippen LogP contribution in [0.4, 0.5) is 5.82 Å². The molecule has 0 amide bonds. The van der Waals surface area contributed by atoms with Gasteiger partial charge in [0.25, 0.3) is 0 Å². The molecule has 0 atom stereocenters. The summed E-state index contributed by atoms with van der Waals surface area (Å²) < 4.78 is 1.55. The number of fused-ring (bicyclic) bond motifs is 1. The lowest BCUT2D eigenvalue weighted by Crippen LogP contribution is -1.87. The van der Waals surface area contributed by atoms with Gasteiger partial charge in [0.15, 0.2) is 5.65 Å². The summed E-state index contributed by atoms with van der Waals surface area (Å²) in [5.74, 6) is 0.336. The van der Waals surface area contributed by atoms with Crippen LogP contribution in [0.1, 0.15) is 0 Å². The van der Waals surface area contributed by atoms with Crippen molar-refractivity contribution in [3.63, 3.8) is 0 Å². The Labute approximate surface area is 67.1 Å². The maximum Gasteiger partial charge on any atom is 0.153 e. The molecule has 12 heavy (non-hydrogen) atoms. The molecule has 0 aliphatic heterocycles. The number of hydrogen-bond acceptors (Lipinski definition) is 3. The van der Waals surface area contributed by atoms with Gasteiger partial charge in [-0.2, -0.15) is 5.10 Å². The second kappa shape index (κ2) is 2.52. The van der Waals surface area contributed by atoms with Gasteiger partial charge in [-0.05, 0) is 22.8 Å². The largest absolute Gasteiger partial charge is 0.236 e. The molecule has 58 valence electrons. The highest BCUT2D eigenvalue weighted by Gasteiger charge is 1.94. The molecule has 2 rings (SSSR count). The van der Waals surface area contributed by atoms with E-state index in [-0.39, 0.29) is 0 Å². The smallest absolute Gasteiger partial charge is 0.153 e. The summed E-state index contributed by atoms with van der Waals surface area (Å²) in [6.07, 6.45) is 3.31. The fourth-order valence-electron chi connectivity index (χ4n) is 0.904. The van der Waals surface area contributed by atoms with Gasteiger partial charge in [-0.3, -0.25) is 0 Å². The summed E-state index contributed by atoms with van der Waals surface area (Å²) in [6.45, 7) is 0. The van der Waals surface area contributed by atoms with Crippen molar-refractivity contribution in [3.8, 4) is 0 Å². The van der Waals surface area contributed by atoms with E-state index in [9.17, 15) is 0 Å². The van der Waals surface area contributed by atoms with Crippen molar-refractivity contribution < 1.29 is 0 Å². The van der Waals surface area contributed by atoms with Gasteiger partial charge in [-0.25, -0.2) is 9.50 Å². The summed E-state index contributed by atoms with van der Waals surface area (Å²) in [7, 11) is 0. The molecule has 2 aromatic rings. The van der Waals surface area contributed by atoms with Crippen molar-refractivity contribution in [1.82, 2.24) is 14.6 Å². The Hall–Kier alpha value is -2.07. The Kier molecular flexibility index (Phi) is 1.39. The summed E-state index contributed by atoms with van der Waals surface area (Å²) in [5, 5.41) is 7.32. The monoisotopic (exact) mass is 160 g/mol. The van der Waals surface area contributed by atoms with Crippen molar-refractivity contribution in [1.29, 1.82) is 0 Å². The van der Waals surface area contributed by atoms with Crippen molar-refractivity contribution in [2.75, 3.05) is 0 Å². The van der Waals surface area contributed by atoms with E-state index >= 15 is 0 Å². The van der Waals surface area contributed by atoms with Gasteiger partial charge >= 0.3 is 0 Å². The summed E-state index contributed by atoms with van der Waals surface area (Å²) in [4.78, 5) is 6.61. The summed E-state index contributed by atoms with van der Waals surface area (Å²) in [6, 6.07) is 3.35. The summed E-state index contributed by atoms with van der Waals surface area (Å²) >= 11 is 0. The molecule has 6 nitrogen and oxygen atoms in total. The fourth-order valence-corrected chi connectivity index (χ4v) is 0.904. The zero-order valence-corrected chi connectivity index (χ0v) is 5.99. The number of hydrogen-bond donors (Lipinski definition) is 0. The zero-order chi connectivity index (χ0) is 8.39. The minimum absolute atomic E-state index is 0.336. The first-order valence-electron chi connectivity index (χ1n) is 3.25. The van der Waals surface area contributed by atoms with Gasteiger partial charge in [-0.1, -0.05) is 0 Å². The molecule has 0 aliphatic rings. The molecule has 0 saturated heterocycles. The van der Waals surface area contributed by atoms with Crippen LogP contribution >= 0.6 is 0 Å². The average Bonchev–Trinajstić information content (AvgIpc) is 2.51. The molecule has 2 heterocycles. The standard InChI is InChI=1S/C6H4N6/c7-11-9-5-1-2-6-8-3-4-12(6)10-5/h1-4H. The number of imidazole rings is 1. The highest BCUT2D eigenvalue weighted by atomic mass is 15.3. The first-order chi connectivity index (χ1) is 5.90. The Bertz CT molecular complexity index is 452. The quantitative estimate of drug-likeness (QED) is 0.361. The average molecular weight is 160 g/mol. The normalized spacial score (nSPS) is 9.67. The minimum atomic E-state index is 0.336. The highest BCUT2D eigenvalue weighted by Crippen LogP contribution is 2.07. The van der Waals surface area contributed by atoms with Crippen LogP contribution in [0.3, 0.4) is 0 Å². The number of rotatable bonds is 1. The van der Waals surface area contributed by atoms with Gasteiger partial charge in [0, 0.05) is 17.3 Å². The van der Waals surface area contributed by atoms with Gasteiger partial charge < -0.3 is 0 Å². The lowest BCUT2D eigenvalue weighted by Gasteiger charge is -1.91. The molecule has 0 aromatic carbocycles. The molecule has 0 saturated carbocycles. The SMILES string of the molecule is [N-]=[N+]=Nc1ccc2nccn2n1. The molecule has 2 aromatic heterocycles. The fraction of sp³-hybridized carbons (Fsp3) is 0. The molecule has 0 radical (unpaired) electrons. The van der Waals surface area contributed by atoms with Crippen LogP contribution in [0, 0.1) is 0 Å². The van der Waals surface area contributed by atoms with Gasteiger partial charge in [0.2, 0.25) is 0 Å². The minimum Gasteiger partial charge on any atom is -0.236 e. The Balaban J connectivity index is 2.67. The van der Waals surface area contributed by atoms with Crippen molar-refractivity contribution in [2.24, 2.45) is 5.11 Å². The Morgan fingerprint density at radius 3 is 3.25 bits per heavy atom. The third-order valence-electron chi connectivity index (χ3n) is 1.39. The number of azide groups is 1. The molecule has 0 aliphatic carbocycles. The number of aromatic nitrogens is 3. The first-order valence-corrected chi connectivity index (χ1v) is 3.25. The van der Waals surface area contributed by atoms with Crippen LogP contribution < -0.4 is 0 Å². The Morgan fingerprint density at radius 2 is 2.42 bits per heavy atom. The third-order valence-corrected chi connectivity index (χ3v) is 1.39. The van der Waals surface area contributed by atoms with E-state index in [0.717, 1.165) is 5.65 Å². The molecular weight excluding hydrogens is 156 g/mol. The van der Waals surface area contributed by atoms with Crippen LogP contribution in [0.15, 0.2) is 29.6 Å². The van der Waals surface area contributed by atoms with Crippen LogP contribution in [-0.4, -0.2) is 14.6 Å². The van der Waals surface area contributed by atoms with E-state index in [1.54, 1.807) is 29.0 Å². The predicted molar refractivity (Wildman–Crippen MR) is 41.8 cm³/mol.